The number of carbonyl (C=O) groups is 1. The minimum atomic E-state index is -0.752. The van der Waals surface area contributed by atoms with Gasteiger partial charge in [-0.2, -0.15) is 5.10 Å². The van der Waals surface area contributed by atoms with Crippen molar-refractivity contribution < 1.29 is 9.90 Å². The van der Waals surface area contributed by atoms with Gasteiger partial charge in [-0.1, -0.05) is 30.3 Å². The van der Waals surface area contributed by atoms with E-state index in [1.807, 2.05) is 41.1 Å². The molecule has 0 radical (unpaired) electrons. The molecule has 1 aliphatic heterocycles. The van der Waals surface area contributed by atoms with Crippen LogP contribution in [0.3, 0.4) is 0 Å². The molecule has 0 fully saturated rings. The van der Waals surface area contributed by atoms with Crippen LogP contribution in [0.5, 0.6) is 0 Å². The number of aliphatic hydroxyl groups excluding tert-OH is 1. The molecule has 0 spiro atoms. The third-order valence-electron chi connectivity index (χ3n) is 4.34. The summed E-state index contributed by atoms with van der Waals surface area (Å²) in [5.41, 5.74) is 3.03. The molecule has 0 bridgehead atoms. The third-order valence-corrected chi connectivity index (χ3v) is 4.34. The number of hydrogen-bond donors (Lipinski definition) is 2. The van der Waals surface area contributed by atoms with Crippen LogP contribution in [0.15, 0.2) is 54.9 Å². The van der Waals surface area contributed by atoms with Crippen LogP contribution in [0.4, 0.5) is 0 Å². The van der Waals surface area contributed by atoms with E-state index in [-0.39, 0.29) is 5.91 Å². The SMILES string of the molecule is O=C(c1cc[nH]c1)N1CCn2nc([C@H](O)c3ccccc3)cc2C1. The minimum Gasteiger partial charge on any atom is -0.382 e. The van der Waals surface area contributed by atoms with Crippen molar-refractivity contribution in [1.29, 1.82) is 0 Å². The first-order chi connectivity index (χ1) is 11.7. The Kier molecular flexibility index (Phi) is 3.66. The summed E-state index contributed by atoms with van der Waals surface area (Å²) in [5.74, 6) is 0.00820. The standard InChI is InChI=1S/C18H18N4O2/c23-17(13-4-2-1-3-5-13)16-10-15-12-21(8-9-22(15)20-16)18(24)14-6-7-19-11-14/h1-7,10-11,17,19,23H,8-9,12H2/t17-/m1/s1. The Bertz CT molecular complexity index is 839. The Morgan fingerprint density at radius 2 is 2.04 bits per heavy atom. The van der Waals surface area contributed by atoms with Gasteiger partial charge in [-0.15, -0.1) is 0 Å². The topological polar surface area (TPSA) is 74.2 Å². The molecule has 3 heterocycles. The Balaban J connectivity index is 1.55. The molecule has 1 amide bonds. The van der Waals surface area contributed by atoms with E-state index in [1.165, 1.54) is 0 Å². The van der Waals surface area contributed by atoms with E-state index in [0.29, 0.717) is 30.9 Å². The van der Waals surface area contributed by atoms with Crippen LogP contribution >= 0.6 is 0 Å². The Morgan fingerprint density at radius 3 is 2.79 bits per heavy atom. The van der Waals surface area contributed by atoms with E-state index in [4.69, 9.17) is 0 Å². The lowest BCUT2D eigenvalue weighted by molar-refractivity contribution is 0.0706. The number of aliphatic hydroxyl groups is 1. The molecule has 0 unspecified atom stereocenters. The molecule has 0 saturated heterocycles. The Morgan fingerprint density at radius 1 is 1.21 bits per heavy atom. The maximum Gasteiger partial charge on any atom is 0.255 e. The summed E-state index contributed by atoms with van der Waals surface area (Å²) in [6.07, 6.45) is 2.70. The van der Waals surface area contributed by atoms with Crippen LogP contribution in [0, 0.1) is 0 Å². The van der Waals surface area contributed by atoms with Crippen molar-refractivity contribution in [2.24, 2.45) is 0 Å². The summed E-state index contributed by atoms with van der Waals surface area (Å²) in [6.45, 7) is 1.74. The highest BCUT2D eigenvalue weighted by molar-refractivity contribution is 5.94. The summed E-state index contributed by atoms with van der Waals surface area (Å²) in [7, 11) is 0. The zero-order valence-electron chi connectivity index (χ0n) is 13.1. The fourth-order valence-corrected chi connectivity index (χ4v) is 3.04. The van der Waals surface area contributed by atoms with Gasteiger partial charge in [0.2, 0.25) is 0 Å². The summed E-state index contributed by atoms with van der Waals surface area (Å²) < 4.78 is 1.88. The van der Waals surface area contributed by atoms with Gasteiger partial charge in [0.25, 0.3) is 5.91 Å². The lowest BCUT2D eigenvalue weighted by Gasteiger charge is -2.27. The van der Waals surface area contributed by atoms with E-state index in [2.05, 4.69) is 10.1 Å². The average Bonchev–Trinajstić information content (AvgIpc) is 3.30. The summed E-state index contributed by atoms with van der Waals surface area (Å²) in [5, 5.41) is 15.0. The molecule has 4 rings (SSSR count). The highest BCUT2D eigenvalue weighted by Crippen LogP contribution is 2.24. The highest BCUT2D eigenvalue weighted by Gasteiger charge is 2.25. The quantitative estimate of drug-likeness (QED) is 0.774. The Hall–Kier alpha value is -2.86. The maximum absolute atomic E-state index is 12.5. The largest absolute Gasteiger partial charge is 0.382 e. The second-order valence-electron chi connectivity index (χ2n) is 5.92. The van der Waals surface area contributed by atoms with Gasteiger partial charge < -0.3 is 15.0 Å². The lowest BCUT2D eigenvalue weighted by atomic mass is 10.1. The van der Waals surface area contributed by atoms with Gasteiger partial charge in [-0.3, -0.25) is 9.48 Å². The number of aromatic amines is 1. The van der Waals surface area contributed by atoms with Crippen molar-refractivity contribution in [3.63, 3.8) is 0 Å². The first-order valence-corrected chi connectivity index (χ1v) is 7.94. The van der Waals surface area contributed by atoms with Gasteiger partial charge in [-0.05, 0) is 17.7 Å². The molecule has 6 heteroatoms. The van der Waals surface area contributed by atoms with Gasteiger partial charge >= 0.3 is 0 Å². The van der Waals surface area contributed by atoms with Gasteiger partial charge in [0, 0.05) is 18.9 Å². The van der Waals surface area contributed by atoms with Crippen LogP contribution in [-0.2, 0) is 13.1 Å². The normalized spacial score (nSPS) is 15.1. The van der Waals surface area contributed by atoms with Gasteiger partial charge in [0.15, 0.2) is 0 Å². The third kappa shape index (κ3) is 2.61. The average molecular weight is 322 g/mol. The molecule has 0 saturated carbocycles. The molecule has 1 aromatic carbocycles. The number of rotatable bonds is 3. The van der Waals surface area contributed by atoms with E-state index >= 15 is 0 Å². The predicted octanol–water partition coefficient (Wildman–Crippen LogP) is 1.95. The first kappa shape index (κ1) is 14.7. The van der Waals surface area contributed by atoms with Crippen molar-refractivity contribution in [1.82, 2.24) is 19.7 Å². The fraction of sp³-hybridized carbons (Fsp3) is 0.222. The van der Waals surface area contributed by atoms with E-state index in [9.17, 15) is 9.90 Å². The molecule has 1 atom stereocenters. The van der Waals surface area contributed by atoms with Crippen LogP contribution in [-0.4, -0.2) is 37.2 Å². The fourth-order valence-electron chi connectivity index (χ4n) is 3.04. The molecule has 24 heavy (non-hydrogen) atoms. The van der Waals surface area contributed by atoms with E-state index < -0.39 is 6.10 Å². The number of nitrogens with one attached hydrogen (secondary N) is 1. The molecule has 1 aliphatic rings. The van der Waals surface area contributed by atoms with Crippen LogP contribution in [0.1, 0.15) is 33.4 Å². The molecule has 122 valence electrons. The number of fused-ring (bicyclic) bond motifs is 1. The molecular formula is C18H18N4O2. The zero-order chi connectivity index (χ0) is 16.5. The number of amides is 1. The summed E-state index contributed by atoms with van der Waals surface area (Å²) in [4.78, 5) is 17.2. The predicted molar refractivity (Wildman–Crippen MR) is 88.3 cm³/mol. The first-order valence-electron chi connectivity index (χ1n) is 7.94. The zero-order valence-corrected chi connectivity index (χ0v) is 13.1. The molecule has 0 aliphatic carbocycles. The van der Waals surface area contributed by atoms with Crippen LogP contribution < -0.4 is 0 Å². The van der Waals surface area contributed by atoms with Crippen molar-refractivity contribution in [3.05, 3.63) is 77.4 Å². The molecule has 6 nitrogen and oxygen atoms in total. The van der Waals surface area contributed by atoms with Crippen LogP contribution in [0.2, 0.25) is 0 Å². The van der Waals surface area contributed by atoms with E-state index in [1.54, 1.807) is 23.4 Å². The van der Waals surface area contributed by atoms with Gasteiger partial charge in [0.05, 0.1) is 30.0 Å². The highest BCUT2D eigenvalue weighted by atomic mass is 16.3. The van der Waals surface area contributed by atoms with Crippen molar-refractivity contribution in [2.45, 2.75) is 19.2 Å². The van der Waals surface area contributed by atoms with Crippen molar-refractivity contribution >= 4 is 5.91 Å². The second kappa shape index (κ2) is 5.98. The number of carbonyl (C=O) groups excluding carboxylic acids is 1. The molecular weight excluding hydrogens is 304 g/mol. The molecule has 2 aromatic heterocycles. The van der Waals surface area contributed by atoms with Gasteiger partial charge in [-0.25, -0.2) is 0 Å². The van der Waals surface area contributed by atoms with E-state index in [0.717, 1.165) is 11.3 Å². The number of benzene rings is 1. The van der Waals surface area contributed by atoms with Crippen molar-refractivity contribution in [3.8, 4) is 0 Å². The number of H-pyrrole nitrogens is 1. The van der Waals surface area contributed by atoms with Gasteiger partial charge in [0.1, 0.15) is 6.10 Å². The number of aromatic nitrogens is 3. The Labute approximate surface area is 139 Å². The monoisotopic (exact) mass is 322 g/mol. The summed E-state index contributed by atoms with van der Waals surface area (Å²) in [6, 6.07) is 13.1. The van der Waals surface area contributed by atoms with Crippen molar-refractivity contribution in [2.75, 3.05) is 6.54 Å². The maximum atomic E-state index is 12.5. The lowest BCUT2D eigenvalue weighted by Crippen LogP contribution is -2.38. The smallest absolute Gasteiger partial charge is 0.255 e. The van der Waals surface area contributed by atoms with Crippen LogP contribution in [0.25, 0.3) is 0 Å². The number of nitrogens with zero attached hydrogens (tertiary/aromatic N) is 3. The molecule has 3 aromatic rings. The molecule has 2 N–H and O–H groups in total. The summed E-state index contributed by atoms with van der Waals surface area (Å²) >= 11 is 0. The second-order valence-corrected chi connectivity index (χ2v) is 5.92. The number of hydrogen-bond acceptors (Lipinski definition) is 3. The minimum absolute atomic E-state index is 0.00820.